The van der Waals surface area contributed by atoms with Crippen LogP contribution in [-0.2, 0) is 11.8 Å². The number of rotatable bonds is 2. The van der Waals surface area contributed by atoms with Crippen LogP contribution < -0.4 is 5.32 Å². The van der Waals surface area contributed by atoms with Gasteiger partial charge in [0.2, 0.25) is 6.41 Å². The Morgan fingerprint density at radius 2 is 2.64 bits per heavy atom. The number of nitriles is 1. The maximum atomic E-state index is 9.94. The smallest absolute Gasteiger partial charge is 0.212 e. The molecule has 0 spiro atoms. The molecule has 0 aliphatic heterocycles. The highest BCUT2D eigenvalue weighted by atomic mass is 16.1. The summed E-state index contributed by atoms with van der Waals surface area (Å²) in [5, 5.41) is 14.6. The summed E-state index contributed by atoms with van der Waals surface area (Å²) in [5.74, 6) is 0.388. The van der Waals surface area contributed by atoms with E-state index < -0.39 is 0 Å². The first-order chi connectivity index (χ1) is 5.27. The molecule has 56 valence electrons. The topological polar surface area (TPSA) is 70.7 Å². The summed E-state index contributed by atoms with van der Waals surface area (Å²) >= 11 is 0. The van der Waals surface area contributed by atoms with Crippen LogP contribution in [0.1, 0.15) is 5.69 Å². The number of nitrogens with one attached hydrogen (secondary N) is 1. The fourth-order valence-electron chi connectivity index (χ4n) is 0.703. The lowest BCUT2D eigenvalue weighted by atomic mass is 10.4. The predicted molar refractivity (Wildman–Crippen MR) is 37.6 cm³/mol. The van der Waals surface area contributed by atoms with Gasteiger partial charge in [0.15, 0.2) is 5.82 Å². The van der Waals surface area contributed by atoms with Gasteiger partial charge in [0, 0.05) is 13.1 Å². The molecule has 0 aliphatic rings. The highest BCUT2D eigenvalue weighted by Gasteiger charge is 2.01. The first-order valence-corrected chi connectivity index (χ1v) is 2.92. The Morgan fingerprint density at radius 3 is 3.09 bits per heavy atom. The van der Waals surface area contributed by atoms with Gasteiger partial charge in [-0.15, -0.1) is 0 Å². The molecule has 0 fully saturated rings. The fraction of sp³-hybridized carbons (Fsp3) is 0.167. The molecular weight excluding hydrogens is 144 g/mol. The molecule has 5 heteroatoms. The zero-order valence-corrected chi connectivity index (χ0v) is 5.90. The first-order valence-electron chi connectivity index (χ1n) is 2.92. The Hall–Kier alpha value is -1.83. The summed E-state index contributed by atoms with van der Waals surface area (Å²) in [6, 6.07) is 3.41. The number of anilines is 1. The van der Waals surface area contributed by atoms with Gasteiger partial charge in [-0.3, -0.25) is 9.48 Å². The van der Waals surface area contributed by atoms with Crippen LogP contribution in [0.5, 0.6) is 0 Å². The molecule has 11 heavy (non-hydrogen) atoms. The van der Waals surface area contributed by atoms with E-state index in [1.54, 1.807) is 7.05 Å². The van der Waals surface area contributed by atoms with Gasteiger partial charge in [-0.1, -0.05) is 0 Å². The van der Waals surface area contributed by atoms with Crippen LogP contribution in [-0.4, -0.2) is 16.2 Å². The number of aromatic nitrogens is 2. The number of hydrogen-bond acceptors (Lipinski definition) is 3. The molecule has 0 aromatic carbocycles. The van der Waals surface area contributed by atoms with Crippen LogP contribution in [0.2, 0.25) is 0 Å². The van der Waals surface area contributed by atoms with Crippen molar-refractivity contribution in [3.05, 3.63) is 11.8 Å². The molecule has 0 radical (unpaired) electrons. The van der Waals surface area contributed by atoms with Crippen molar-refractivity contribution in [3.8, 4) is 6.07 Å². The van der Waals surface area contributed by atoms with E-state index >= 15 is 0 Å². The van der Waals surface area contributed by atoms with Gasteiger partial charge in [-0.25, -0.2) is 0 Å². The Balaban J connectivity index is 2.97. The lowest BCUT2D eigenvalue weighted by Gasteiger charge is -1.87. The van der Waals surface area contributed by atoms with Crippen LogP contribution in [0.25, 0.3) is 0 Å². The lowest BCUT2D eigenvalue weighted by molar-refractivity contribution is -0.105. The van der Waals surface area contributed by atoms with Crippen molar-refractivity contribution in [2.45, 2.75) is 0 Å². The summed E-state index contributed by atoms with van der Waals surface area (Å²) < 4.78 is 1.39. The minimum atomic E-state index is 0.388. The van der Waals surface area contributed by atoms with Gasteiger partial charge in [-0.2, -0.15) is 10.4 Å². The average molecular weight is 150 g/mol. The second kappa shape index (κ2) is 2.84. The maximum Gasteiger partial charge on any atom is 0.212 e. The minimum absolute atomic E-state index is 0.388. The van der Waals surface area contributed by atoms with Crippen molar-refractivity contribution in [2.24, 2.45) is 7.05 Å². The van der Waals surface area contributed by atoms with E-state index in [1.807, 2.05) is 6.07 Å². The third-order valence-electron chi connectivity index (χ3n) is 1.20. The fourth-order valence-corrected chi connectivity index (χ4v) is 0.703. The van der Waals surface area contributed by atoms with Crippen molar-refractivity contribution in [3.63, 3.8) is 0 Å². The largest absolute Gasteiger partial charge is 0.312 e. The molecule has 1 aromatic rings. The van der Waals surface area contributed by atoms with Crippen LogP contribution in [0, 0.1) is 11.3 Å². The van der Waals surface area contributed by atoms with Crippen molar-refractivity contribution in [1.82, 2.24) is 9.78 Å². The van der Waals surface area contributed by atoms with Crippen LogP contribution >= 0.6 is 0 Å². The SMILES string of the molecule is Cn1nc(NC=O)cc1C#N. The summed E-state index contributed by atoms with van der Waals surface area (Å²) in [5.41, 5.74) is 0.411. The van der Waals surface area contributed by atoms with E-state index in [-0.39, 0.29) is 0 Å². The molecule has 0 saturated carbocycles. The maximum absolute atomic E-state index is 9.94. The van der Waals surface area contributed by atoms with Crippen LogP contribution in [0.15, 0.2) is 6.07 Å². The number of carbonyl (C=O) groups excluding carboxylic acids is 1. The van der Waals surface area contributed by atoms with Gasteiger partial charge in [0.25, 0.3) is 0 Å². The quantitative estimate of drug-likeness (QED) is 0.596. The standard InChI is InChI=1S/C6H6N4O/c1-10-5(3-7)2-6(9-10)8-4-11/h2,4H,1H3,(H,8,9,11). The Labute approximate surface area is 63.2 Å². The summed E-state index contributed by atoms with van der Waals surface area (Å²) in [6.45, 7) is 0. The van der Waals surface area contributed by atoms with Gasteiger partial charge in [0.05, 0.1) is 0 Å². The highest BCUT2D eigenvalue weighted by molar-refractivity contribution is 5.69. The molecule has 1 aromatic heterocycles. The van der Waals surface area contributed by atoms with Gasteiger partial charge < -0.3 is 5.32 Å². The van der Waals surface area contributed by atoms with Crippen molar-refractivity contribution < 1.29 is 4.79 Å². The average Bonchev–Trinajstić information content (AvgIpc) is 2.32. The third-order valence-corrected chi connectivity index (χ3v) is 1.20. The van der Waals surface area contributed by atoms with Crippen molar-refractivity contribution in [2.75, 3.05) is 5.32 Å². The van der Waals surface area contributed by atoms with E-state index in [1.165, 1.54) is 10.7 Å². The molecule has 1 rings (SSSR count). The lowest BCUT2D eigenvalue weighted by Crippen LogP contribution is -1.96. The minimum Gasteiger partial charge on any atom is -0.312 e. The second-order valence-electron chi connectivity index (χ2n) is 1.91. The van der Waals surface area contributed by atoms with Gasteiger partial charge >= 0.3 is 0 Å². The van der Waals surface area contributed by atoms with Crippen LogP contribution in [0.3, 0.4) is 0 Å². The molecule has 0 saturated heterocycles. The van der Waals surface area contributed by atoms with Crippen LogP contribution in [0.4, 0.5) is 5.82 Å². The number of aryl methyl sites for hydroxylation is 1. The Kier molecular flexibility index (Phi) is 1.88. The Bertz CT molecular complexity index is 309. The van der Waals surface area contributed by atoms with Gasteiger partial charge in [-0.05, 0) is 0 Å². The number of amides is 1. The van der Waals surface area contributed by atoms with E-state index in [0.29, 0.717) is 17.9 Å². The number of hydrogen-bond donors (Lipinski definition) is 1. The Morgan fingerprint density at radius 1 is 1.91 bits per heavy atom. The van der Waals surface area contributed by atoms with E-state index in [2.05, 4.69) is 10.4 Å². The molecule has 1 N–H and O–H groups in total. The highest BCUT2D eigenvalue weighted by Crippen LogP contribution is 2.04. The zero-order valence-electron chi connectivity index (χ0n) is 5.90. The molecule has 0 bridgehead atoms. The molecule has 0 unspecified atom stereocenters. The first kappa shape index (κ1) is 7.28. The van der Waals surface area contributed by atoms with E-state index in [0.717, 1.165) is 0 Å². The van der Waals surface area contributed by atoms with Crippen molar-refractivity contribution in [1.29, 1.82) is 5.26 Å². The molecule has 1 amide bonds. The molecule has 0 atom stereocenters. The third kappa shape index (κ3) is 1.35. The monoisotopic (exact) mass is 150 g/mol. The zero-order chi connectivity index (χ0) is 8.27. The summed E-state index contributed by atoms with van der Waals surface area (Å²) in [6.07, 6.45) is 0.517. The number of nitrogens with zero attached hydrogens (tertiary/aromatic N) is 3. The van der Waals surface area contributed by atoms with E-state index in [4.69, 9.17) is 5.26 Å². The second-order valence-corrected chi connectivity index (χ2v) is 1.91. The molecule has 5 nitrogen and oxygen atoms in total. The van der Waals surface area contributed by atoms with E-state index in [9.17, 15) is 4.79 Å². The normalized spacial score (nSPS) is 8.73. The van der Waals surface area contributed by atoms with Crippen molar-refractivity contribution >= 4 is 12.2 Å². The predicted octanol–water partition coefficient (Wildman–Crippen LogP) is -0.140. The molecule has 0 aliphatic carbocycles. The number of carbonyl (C=O) groups is 1. The summed E-state index contributed by atoms with van der Waals surface area (Å²) in [7, 11) is 1.63. The summed E-state index contributed by atoms with van der Waals surface area (Å²) in [4.78, 5) is 9.94. The molecular formula is C6H6N4O. The van der Waals surface area contributed by atoms with Gasteiger partial charge in [0.1, 0.15) is 11.8 Å². The molecule has 1 heterocycles.